The second kappa shape index (κ2) is 9.96. The molecule has 2 heterocycles. The molecule has 4 aromatic rings. The second-order valence-corrected chi connectivity index (χ2v) is 7.32. The number of rotatable bonds is 8. The molecule has 0 saturated carbocycles. The van der Waals surface area contributed by atoms with Crippen molar-refractivity contribution in [1.29, 1.82) is 0 Å². The van der Waals surface area contributed by atoms with Crippen molar-refractivity contribution in [2.45, 2.75) is 0 Å². The number of nitrogens with one attached hydrogen (secondary N) is 2. The molecule has 31 heavy (non-hydrogen) atoms. The normalized spacial score (nSPS) is 11.5. The minimum absolute atomic E-state index is 0.690. The van der Waals surface area contributed by atoms with Gasteiger partial charge in [0.1, 0.15) is 5.75 Å². The molecule has 0 amide bonds. The third kappa shape index (κ3) is 5.13. The summed E-state index contributed by atoms with van der Waals surface area (Å²) in [5.41, 5.74) is 3.88. The smallest absolute Gasteiger partial charge is 0.121 e. The van der Waals surface area contributed by atoms with Crippen molar-refractivity contribution >= 4 is 44.8 Å². The third-order valence-electron chi connectivity index (χ3n) is 4.86. The fourth-order valence-corrected chi connectivity index (χ4v) is 3.48. The lowest BCUT2D eigenvalue weighted by Gasteiger charge is -2.08. The largest absolute Gasteiger partial charge is 0.497 e. The molecule has 0 aliphatic carbocycles. The number of halogens is 1. The third-order valence-corrected chi connectivity index (χ3v) is 5.09. The Labute approximate surface area is 186 Å². The number of anilines is 2. The molecule has 0 atom stereocenters. The van der Waals surface area contributed by atoms with Crippen LogP contribution in [0.2, 0.25) is 5.02 Å². The maximum Gasteiger partial charge on any atom is 0.121 e. The monoisotopic (exact) mass is 430 g/mol. The molecule has 0 fully saturated rings. The predicted molar refractivity (Wildman–Crippen MR) is 130 cm³/mol. The van der Waals surface area contributed by atoms with Crippen molar-refractivity contribution in [2.24, 2.45) is 0 Å². The van der Waals surface area contributed by atoms with Gasteiger partial charge < -0.3 is 15.4 Å². The molecule has 0 bridgehead atoms. The van der Waals surface area contributed by atoms with Crippen LogP contribution in [0, 0.1) is 0 Å². The number of nitrogens with zero attached hydrogens (tertiary/aromatic N) is 2. The van der Waals surface area contributed by atoms with Crippen LogP contribution in [0.1, 0.15) is 0 Å². The Hall–Kier alpha value is -3.57. The fourth-order valence-electron chi connectivity index (χ4n) is 3.32. The molecule has 0 unspecified atom stereocenters. The SMILES string of the molecule is COc1ccc2c(NC/C=C/C=C/CNc3ccnc4cc(Cl)ccc34)ccnc2c1. The van der Waals surface area contributed by atoms with Crippen LogP contribution in [0.3, 0.4) is 0 Å². The van der Waals surface area contributed by atoms with Gasteiger partial charge in [-0.25, -0.2) is 0 Å². The Balaban J connectivity index is 1.29. The van der Waals surface area contributed by atoms with E-state index >= 15 is 0 Å². The van der Waals surface area contributed by atoms with E-state index in [1.54, 1.807) is 19.5 Å². The average molecular weight is 431 g/mol. The van der Waals surface area contributed by atoms with E-state index in [1.165, 1.54) is 0 Å². The number of benzene rings is 2. The molecule has 2 N–H and O–H groups in total. The van der Waals surface area contributed by atoms with Crippen molar-refractivity contribution in [2.75, 3.05) is 30.8 Å². The first kappa shape index (κ1) is 20.7. The van der Waals surface area contributed by atoms with E-state index in [1.807, 2.05) is 60.7 Å². The minimum atomic E-state index is 0.690. The number of aromatic nitrogens is 2. The molecule has 6 heteroatoms. The number of ether oxygens (including phenoxy) is 1. The average Bonchev–Trinajstić information content (AvgIpc) is 2.80. The van der Waals surface area contributed by atoms with Crippen LogP contribution in [0.15, 0.2) is 85.2 Å². The van der Waals surface area contributed by atoms with E-state index in [0.29, 0.717) is 5.02 Å². The zero-order valence-corrected chi connectivity index (χ0v) is 17.9. The highest BCUT2D eigenvalue weighted by Gasteiger charge is 2.03. The van der Waals surface area contributed by atoms with Crippen molar-refractivity contribution in [3.63, 3.8) is 0 Å². The highest BCUT2D eigenvalue weighted by atomic mass is 35.5. The number of hydrogen-bond acceptors (Lipinski definition) is 5. The molecule has 4 rings (SSSR count). The summed E-state index contributed by atoms with van der Waals surface area (Å²) in [4.78, 5) is 8.77. The first-order valence-corrected chi connectivity index (χ1v) is 10.4. The lowest BCUT2D eigenvalue weighted by molar-refractivity contribution is 0.415. The Kier molecular flexibility index (Phi) is 6.65. The molecule has 0 spiro atoms. The van der Waals surface area contributed by atoms with Gasteiger partial charge in [-0.3, -0.25) is 9.97 Å². The quantitative estimate of drug-likeness (QED) is 0.332. The van der Waals surface area contributed by atoms with Gasteiger partial charge in [-0.1, -0.05) is 35.9 Å². The zero-order chi connectivity index (χ0) is 21.5. The molecule has 0 radical (unpaired) electrons. The van der Waals surface area contributed by atoms with Crippen molar-refractivity contribution < 1.29 is 4.74 Å². The van der Waals surface area contributed by atoms with Crippen LogP contribution in [0.25, 0.3) is 21.8 Å². The molecule has 2 aromatic carbocycles. The number of methoxy groups -OCH3 is 1. The Bertz CT molecular complexity index is 1250. The molecule has 0 aliphatic heterocycles. The van der Waals surface area contributed by atoms with Gasteiger partial charge in [-0.2, -0.15) is 0 Å². The van der Waals surface area contributed by atoms with Gasteiger partial charge in [-0.15, -0.1) is 0 Å². The van der Waals surface area contributed by atoms with E-state index < -0.39 is 0 Å². The van der Waals surface area contributed by atoms with Crippen LogP contribution >= 0.6 is 11.6 Å². The summed E-state index contributed by atoms with van der Waals surface area (Å²) < 4.78 is 5.27. The standard InChI is InChI=1S/C25H23ClN4O/c1-31-19-7-9-21-23(11-15-30-25(21)17-19)28-13-5-3-2-4-12-27-22-10-14-29-24-16-18(26)6-8-20(22)24/h2-11,14-17H,12-13H2,1H3,(H,27,29)(H,28,30)/b4-2+,5-3+. The van der Waals surface area contributed by atoms with E-state index in [0.717, 1.165) is 52.0 Å². The van der Waals surface area contributed by atoms with Crippen LogP contribution in [-0.4, -0.2) is 30.2 Å². The summed E-state index contributed by atoms with van der Waals surface area (Å²) in [5.74, 6) is 0.805. The molecule has 5 nitrogen and oxygen atoms in total. The molecular weight excluding hydrogens is 408 g/mol. The predicted octanol–water partition coefficient (Wildman–Crippen LogP) is 6.08. The minimum Gasteiger partial charge on any atom is -0.497 e. The van der Waals surface area contributed by atoms with Gasteiger partial charge >= 0.3 is 0 Å². The van der Waals surface area contributed by atoms with E-state index in [9.17, 15) is 0 Å². The molecule has 0 saturated heterocycles. The highest BCUT2D eigenvalue weighted by molar-refractivity contribution is 6.31. The van der Waals surface area contributed by atoms with Gasteiger partial charge in [0.05, 0.1) is 18.1 Å². The van der Waals surface area contributed by atoms with Crippen LogP contribution in [0.4, 0.5) is 11.4 Å². The van der Waals surface area contributed by atoms with Gasteiger partial charge in [-0.05, 0) is 42.5 Å². The summed E-state index contributed by atoms with van der Waals surface area (Å²) in [6, 6.07) is 15.6. The molecule has 156 valence electrons. The summed E-state index contributed by atoms with van der Waals surface area (Å²) in [5, 5.41) is 9.67. The van der Waals surface area contributed by atoms with E-state index in [-0.39, 0.29) is 0 Å². The zero-order valence-electron chi connectivity index (χ0n) is 17.2. The number of hydrogen-bond donors (Lipinski definition) is 2. The first-order valence-electron chi connectivity index (χ1n) is 10.0. The second-order valence-electron chi connectivity index (χ2n) is 6.88. The van der Waals surface area contributed by atoms with Crippen LogP contribution < -0.4 is 15.4 Å². The molecular formula is C25H23ClN4O. The maximum absolute atomic E-state index is 6.05. The fraction of sp³-hybridized carbons (Fsp3) is 0.120. The lowest BCUT2D eigenvalue weighted by Crippen LogP contribution is -2.00. The van der Waals surface area contributed by atoms with E-state index in [4.69, 9.17) is 16.3 Å². The topological polar surface area (TPSA) is 59.1 Å². The van der Waals surface area contributed by atoms with Crippen molar-refractivity contribution in [1.82, 2.24) is 9.97 Å². The molecule has 0 aliphatic rings. The highest BCUT2D eigenvalue weighted by Crippen LogP contribution is 2.25. The maximum atomic E-state index is 6.05. The Morgan fingerprint density at radius 3 is 2.00 bits per heavy atom. The van der Waals surface area contributed by atoms with E-state index in [2.05, 4.69) is 32.8 Å². The van der Waals surface area contributed by atoms with Gasteiger partial charge in [0.25, 0.3) is 0 Å². The summed E-state index contributed by atoms with van der Waals surface area (Å²) in [6.45, 7) is 1.44. The number of fused-ring (bicyclic) bond motifs is 2. The Morgan fingerprint density at radius 1 is 0.806 bits per heavy atom. The van der Waals surface area contributed by atoms with Gasteiger partial charge in [0, 0.05) is 58.7 Å². The van der Waals surface area contributed by atoms with Crippen molar-refractivity contribution in [3.05, 3.63) is 90.3 Å². The van der Waals surface area contributed by atoms with Gasteiger partial charge in [0.2, 0.25) is 0 Å². The summed E-state index contributed by atoms with van der Waals surface area (Å²) in [7, 11) is 1.66. The van der Waals surface area contributed by atoms with Crippen molar-refractivity contribution in [3.8, 4) is 5.75 Å². The summed E-state index contributed by atoms with van der Waals surface area (Å²) in [6.07, 6.45) is 11.8. The van der Waals surface area contributed by atoms with Crippen LogP contribution in [-0.2, 0) is 0 Å². The Morgan fingerprint density at radius 2 is 1.39 bits per heavy atom. The molecule has 2 aromatic heterocycles. The number of allylic oxidation sites excluding steroid dienone is 2. The summed E-state index contributed by atoms with van der Waals surface area (Å²) >= 11 is 6.05. The van der Waals surface area contributed by atoms with Crippen LogP contribution in [0.5, 0.6) is 5.75 Å². The first-order chi connectivity index (χ1) is 15.2. The number of pyridine rings is 2. The van der Waals surface area contributed by atoms with Gasteiger partial charge in [0.15, 0.2) is 0 Å². The lowest BCUT2D eigenvalue weighted by atomic mass is 10.2.